The molecule has 0 radical (unpaired) electrons. The van der Waals surface area contributed by atoms with Crippen LogP contribution >= 0.6 is 0 Å². The Bertz CT molecular complexity index is 1590. The van der Waals surface area contributed by atoms with E-state index < -0.39 is 18.5 Å². The fourth-order valence-electron chi connectivity index (χ4n) is 4.03. The van der Waals surface area contributed by atoms with E-state index in [-0.39, 0.29) is 0 Å². The van der Waals surface area contributed by atoms with Crippen molar-refractivity contribution >= 4 is 17.7 Å². The number of rotatable bonds is 7. The number of para-hydroxylation sites is 1. The lowest BCUT2D eigenvalue weighted by molar-refractivity contribution is -0.119. The van der Waals surface area contributed by atoms with E-state index in [0.29, 0.717) is 17.1 Å². The van der Waals surface area contributed by atoms with Crippen molar-refractivity contribution in [2.75, 3.05) is 11.9 Å². The average molecular weight is 508 g/mol. The summed E-state index contributed by atoms with van der Waals surface area (Å²) >= 11 is 0. The van der Waals surface area contributed by atoms with E-state index in [4.69, 9.17) is 9.84 Å². The molecule has 0 aliphatic carbocycles. The summed E-state index contributed by atoms with van der Waals surface area (Å²) in [6.07, 6.45) is 1.45. The van der Waals surface area contributed by atoms with Gasteiger partial charge in [-0.25, -0.2) is 14.2 Å². The SMILES string of the molecule is Cc1cc(C)c(-c2cc(NC(=O)COC(=O)c3ccc(-n4cnnn4)cc3)n(-c3ccccc3)n2)cc1C. The van der Waals surface area contributed by atoms with Crippen LogP contribution in [0.2, 0.25) is 0 Å². The fourth-order valence-corrected chi connectivity index (χ4v) is 4.03. The molecule has 0 saturated heterocycles. The maximum absolute atomic E-state index is 12.8. The zero-order valence-corrected chi connectivity index (χ0v) is 21.1. The van der Waals surface area contributed by atoms with Crippen molar-refractivity contribution in [1.82, 2.24) is 30.0 Å². The number of carbonyl (C=O) groups is 2. The van der Waals surface area contributed by atoms with E-state index in [2.05, 4.69) is 46.8 Å². The third kappa shape index (κ3) is 5.19. The van der Waals surface area contributed by atoms with Crippen LogP contribution in [0.25, 0.3) is 22.6 Å². The van der Waals surface area contributed by atoms with E-state index >= 15 is 0 Å². The van der Waals surface area contributed by atoms with Gasteiger partial charge in [0.05, 0.1) is 22.6 Å². The Balaban J connectivity index is 1.32. The Hall–Kier alpha value is -5.12. The number of esters is 1. The minimum Gasteiger partial charge on any atom is -0.452 e. The number of aryl methyl sites for hydroxylation is 3. The third-order valence-electron chi connectivity index (χ3n) is 6.15. The number of aromatic nitrogens is 6. The van der Waals surface area contributed by atoms with Crippen molar-refractivity contribution in [1.29, 1.82) is 0 Å². The summed E-state index contributed by atoms with van der Waals surface area (Å²) in [5.41, 5.74) is 6.93. The van der Waals surface area contributed by atoms with Gasteiger partial charge >= 0.3 is 5.97 Å². The lowest BCUT2D eigenvalue weighted by Gasteiger charge is -2.09. The Kier molecular flexibility index (Phi) is 6.77. The van der Waals surface area contributed by atoms with Crippen molar-refractivity contribution < 1.29 is 14.3 Å². The molecule has 0 aliphatic heterocycles. The fraction of sp³-hybridized carbons (Fsp3) is 0.143. The highest BCUT2D eigenvalue weighted by Crippen LogP contribution is 2.29. The number of hydrogen-bond acceptors (Lipinski definition) is 7. The molecule has 1 N–H and O–H groups in total. The topological polar surface area (TPSA) is 117 Å². The van der Waals surface area contributed by atoms with Gasteiger partial charge < -0.3 is 10.1 Å². The van der Waals surface area contributed by atoms with Crippen LogP contribution in [0.3, 0.4) is 0 Å². The number of amides is 1. The van der Waals surface area contributed by atoms with Crippen LogP contribution in [0.4, 0.5) is 5.82 Å². The third-order valence-corrected chi connectivity index (χ3v) is 6.15. The summed E-state index contributed by atoms with van der Waals surface area (Å²) in [5.74, 6) is -0.633. The number of anilines is 1. The Labute approximate surface area is 218 Å². The van der Waals surface area contributed by atoms with Gasteiger partial charge in [0.25, 0.3) is 5.91 Å². The van der Waals surface area contributed by atoms with Crippen LogP contribution in [-0.2, 0) is 9.53 Å². The van der Waals surface area contributed by atoms with Crippen LogP contribution in [-0.4, -0.2) is 48.5 Å². The first-order chi connectivity index (χ1) is 18.4. The molecular formula is C28H25N7O3. The predicted octanol–water partition coefficient (Wildman–Crippen LogP) is 4.24. The molecule has 1 amide bonds. The summed E-state index contributed by atoms with van der Waals surface area (Å²) in [6.45, 7) is 5.72. The van der Waals surface area contributed by atoms with E-state index in [1.807, 2.05) is 43.3 Å². The monoisotopic (exact) mass is 507 g/mol. The van der Waals surface area contributed by atoms with Crippen LogP contribution in [0.1, 0.15) is 27.0 Å². The van der Waals surface area contributed by atoms with E-state index in [9.17, 15) is 9.59 Å². The van der Waals surface area contributed by atoms with Gasteiger partial charge in [0.1, 0.15) is 12.1 Å². The molecule has 2 aromatic heterocycles. The second kappa shape index (κ2) is 10.5. The van der Waals surface area contributed by atoms with Crippen molar-refractivity contribution in [2.24, 2.45) is 0 Å². The minimum absolute atomic E-state index is 0.302. The largest absolute Gasteiger partial charge is 0.452 e. The average Bonchev–Trinajstić information content (AvgIpc) is 3.61. The van der Waals surface area contributed by atoms with E-state index in [0.717, 1.165) is 28.1 Å². The number of nitrogens with zero attached hydrogens (tertiary/aromatic N) is 6. The molecule has 10 heteroatoms. The smallest absolute Gasteiger partial charge is 0.338 e. The predicted molar refractivity (Wildman–Crippen MR) is 141 cm³/mol. The van der Waals surface area contributed by atoms with Crippen molar-refractivity contribution in [3.63, 3.8) is 0 Å². The normalized spacial score (nSPS) is 10.8. The lowest BCUT2D eigenvalue weighted by atomic mass is 9.99. The summed E-state index contributed by atoms with van der Waals surface area (Å²) in [6, 6.07) is 22.1. The molecule has 190 valence electrons. The summed E-state index contributed by atoms with van der Waals surface area (Å²) in [5, 5.41) is 18.6. The van der Waals surface area contributed by atoms with Crippen molar-refractivity contribution in [2.45, 2.75) is 20.8 Å². The standard InChI is InChI=1S/C28H25N7O3/c1-18-13-20(3)24(14-19(18)2)25-15-26(35(31-25)23-7-5-4-6-8-23)30-27(36)16-38-28(37)21-9-11-22(12-10-21)34-17-29-32-33-34/h4-15,17H,16H2,1-3H3,(H,30,36). The molecular weight excluding hydrogens is 482 g/mol. The van der Waals surface area contributed by atoms with Crippen LogP contribution < -0.4 is 5.32 Å². The van der Waals surface area contributed by atoms with E-state index in [1.165, 1.54) is 16.6 Å². The second-order valence-corrected chi connectivity index (χ2v) is 8.84. The molecule has 3 aromatic carbocycles. The molecule has 5 rings (SSSR count). The summed E-state index contributed by atoms with van der Waals surface area (Å²) in [7, 11) is 0. The Morgan fingerprint density at radius 1 is 0.868 bits per heavy atom. The number of hydrogen-bond donors (Lipinski definition) is 1. The first-order valence-electron chi connectivity index (χ1n) is 11.9. The molecule has 38 heavy (non-hydrogen) atoms. The molecule has 5 aromatic rings. The first-order valence-corrected chi connectivity index (χ1v) is 11.9. The second-order valence-electron chi connectivity index (χ2n) is 8.84. The van der Waals surface area contributed by atoms with Crippen molar-refractivity contribution in [3.05, 3.63) is 101 Å². The molecule has 10 nitrogen and oxygen atoms in total. The van der Waals surface area contributed by atoms with E-state index in [1.54, 1.807) is 28.9 Å². The van der Waals surface area contributed by atoms with Crippen molar-refractivity contribution in [3.8, 4) is 22.6 Å². The van der Waals surface area contributed by atoms with Gasteiger partial charge in [-0.3, -0.25) is 4.79 Å². The van der Waals surface area contributed by atoms with Crippen LogP contribution in [0, 0.1) is 20.8 Å². The van der Waals surface area contributed by atoms with Crippen LogP contribution in [0.15, 0.2) is 79.1 Å². The molecule has 0 spiro atoms. The minimum atomic E-state index is -0.619. The summed E-state index contributed by atoms with van der Waals surface area (Å²) < 4.78 is 8.38. The molecule has 0 saturated carbocycles. The molecule has 0 fully saturated rings. The Morgan fingerprint density at radius 3 is 2.32 bits per heavy atom. The molecule has 0 aliphatic rings. The van der Waals surface area contributed by atoms with Gasteiger partial charge in [-0.1, -0.05) is 24.3 Å². The molecule has 0 unspecified atom stereocenters. The first kappa shape index (κ1) is 24.6. The van der Waals surface area contributed by atoms with Gasteiger partial charge in [0.15, 0.2) is 6.61 Å². The maximum Gasteiger partial charge on any atom is 0.338 e. The zero-order chi connectivity index (χ0) is 26.6. The number of carbonyl (C=O) groups excluding carboxylic acids is 2. The van der Waals surface area contributed by atoms with Crippen LogP contribution in [0.5, 0.6) is 0 Å². The van der Waals surface area contributed by atoms with Gasteiger partial charge in [0, 0.05) is 11.6 Å². The molecule has 0 atom stereocenters. The van der Waals surface area contributed by atoms with Gasteiger partial charge in [-0.2, -0.15) is 5.10 Å². The molecule has 2 heterocycles. The van der Waals surface area contributed by atoms with Gasteiger partial charge in [-0.05, 0) is 90.4 Å². The van der Waals surface area contributed by atoms with Gasteiger partial charge in [0.2, 0.25) is 0 Å². The Morgan fingerprint density at radius 2 is 1.61 bits per heavy atom. The number of tetrazole rings is 1. The highest BCUT2D eigenvalue weighted by atomic mass is 16.5. The summed E-state index contributed by atoms with van der Waals surface area (Å²) in [4.78, 5) is 25.3. The number of ether oxygens (including phenoxy) is 1. The lowest BCUT2D eigenvalue weighted by Crippen LogP contribution is -2.22. The zero-order valence-electron chi connectivity index (χ0n) is 21.1. The maximum atomic E-state index is 12.8. The quantitative estimate of drug-likeness (QED) is 0.328. The number of benzene rings is 3. The molecule has 0 bridgehead atoms. The van der Waals surface area contributed by atoms with Gasteiger partial charge in [-0.15, -0.1) is 5.10 Å². The highest BCUT2D eigenvalue weighted by Gasteiger charge is 2.17. The highest BCUT2D eigenvalue weighted by molar-refractivity contribution is 5.95. The number of nitrogens with one attached hydrogen (secondary N) is 1.